The summed E-state index contributed by atoms with van der Waals surface area (Å²) in [5.41, 5.74) is 6.37. The molecule has 2 aliphatic rings. The standard InChI is InChI=1S/C18H19N3O4/c19-16(12-6-2-1-3-7-12)20-25-15(22)10-11-21-17(23)13-8-4-5-9-14(13)18(21)24/h1-7,13-14H,8-11H2,(H2,19,20)/t13-,14-/m1/s1. The van der Waals surface area contributed by atoms with E-state index in [4.69, 9.17) is 10.6 Å². The molecule has 1 aliphatic heterocycles. The van der Waals surface area contributed by atoms with Crippen LogP contribution >= 0.6 is 0 Å². The van der Waals surface area contributed by atoms with Crippen LogP contribution in [-0.2, 0) is 19.2 Å². The van der Waals surface area contributed by atoms with E-state index >= 15 is 0 Å². The number of amides is 2. The quantitative estimate of drug-likeness (QED) is 0.216. The summed E-state index contributed by atoms with van der Waals surface area (Å²) >= 11 is 0. The van der Waals surface area contributed by atoms with Crippen LogP contribution in [-0.4, -0.2) is 35.1 Å². The Bertz CT molecular complexity index is 716. The monoisotopic (exact) mass is 341 g/mol. The third kappa shape index (κ3) is 3.60. The lowest BCUT2D eigenvalue weighted by molar-refractivity contribution is -0.145. The van der Waals surface area contributed by atoms with Crippen LogP contribution in [0.1, 0.15) is 24.8 Å². The number of oxime groups is 1. The molecule has 1 aromatic carbocycles. The van der Waals surface area contributed by atoms with Crippen LogP contribution < -0.4 is 5.73 Å². The number of likely N-dealkylation sites (tertiary alicyclic amines) is 1. The van der Waals surface area contributed by atoms with Gasteiger partial charge in [0.15, 0.2) is 5.84 Å². The second kappa shape index (κ2) is 7.29. The van der Waals surface area contributed by atoms with Gasteiger partial charge in [-0.15, -0.1) is 0 Å². The summed E-state index contributed by atoms with van der Waals surface area (Å²) in [6.07, 6.45) is 4.88. The minimum absolute atomic E-state index is 0.00423. The van der Waals surface area contributed by atoms with Crippen molar-refractivity contribution in [2.24, 2.45) is 22.7 Å². The van der Waals surface area contributed by atoms with Gasteiger partial charge in [0.1, 0.15) is 0 Å². The Hall–Kier alpha value is -2.96. The zero-order chi connectivity index (χ0) is 17.8. The van der Waals surface area contributed by atoms with Gasteiger partial charge in [0.2, 0.25) is 11.8 Å². The van der Waals surface area contributed by atoms with E-state index < -0.39 is 5.97 Å². The molecule has 1 heterocycles. The van der Waals surface area contributed by atoms with Gasteiger partial charge in [-0.1, -0.05) is 47.6 Å². The van der Waals surface area contributed by atoms with Gasteiger partial charge in [0.25, 0.3) is 0 Å². The maximum atomic E-state index is 12.3. The number of amidine groups is 1. The Balaban J connectivity index is 1.53. The molecule has 0 radical (unpaired) electrons. The molecule has 130 valence electrons. The third-order valence-corrected chi connectivity index (χ3v) is 4.45. The Morgan fingerprint density at radius 3 is 2.32 bits per heavy atom. The van der Waals surface area contributed by atoms with E-state index in [1.165, 1.54) is 0 Å². The fraction of sp³-hybridized carbons (Fsp3) is 0.333. The third-order valence-electron chi connectivity index (χ3n) is 4.45. The van der Waals surface area contributed by atoms with Gasteiger partial charge in [-0.2, -0.15) is 0 Å². The molecule has 1 aliphatic carbocycles. The van der Waals surface area contributed by atoms with E-state index in [1.807, 2.05) is 18.2 Å². The lowest BCUT2D eigenvalue weighted by Crippen LogP contribution is -2.33. The van der Waals surface area contributed by atoms with Gasteiger partial charge < -0.3 is 10.6 Å². The van der Waals surface area contributed by atoms with Crippen LogP contribution in [0.2, 0.25) is 0 Å². The molecule has 7 heteroatoms. The van der Waals surface area contributed by atoms with Crippen molar-refractivity contribution in [3.8, 4) is 0 Å². The SMILES string of the molecule is N/C(=N/OC(=O)CCN1C(=O)[C@@H]2CC=CC[C@H]2C1=O)c1ccccc1. The zero-order valence-corrected chi connectivity index (χ0v) is 13.6. The first-order valence-corrected chi connectivity index (χ1v) is 8.17. The predicted molar refractivity (Wildman–Crippen MR) is 89.9 cm³/mol. The summed E-state index contributed by atoms with van der Waals surface area (Å²) in [5.74, 6) is -1.56. The Morgan fingerprint density at radius 1 is 1.12 bits per heavy atom. The van der Waals surface area contributed by atoms with E-state index in [0.29, 0.717) is 18.4 Å². The summed E-state index contributed by atoms with van der Waals surface area (Å²) in [6, 6.07) is 8.89. The lowest BCUT2D eigenvalue weighted by Gasteiger charge is -2.14. The number of nitrogens with zero attached hydrogens (tertiary/aromatic N) is 2. The number of benzene rings is 1. The number of hydrogen-bond donors (Lipinski definition) is 1. The van der Waals surface area contributed by atoms with Crippen molar-refractivity contribution in [1.29, 1.82) is 0 Å². The number of allylic oxidation sites excluding steroid dienone is 2. The van der Waals surface area contributed by atoms with Crippen molar-refractivity contribution < 1.29 is 19.2 Å². The van der Waals surface area contributed by atoms with Crippen LogP contribution in [0.15, 0.2) is 47.6 Å². The highest BCUT2D eigenvalue weighted by Gasteiger charge is 2.46. The minimum Gasteiger partial charge on any atom is -0.380 e. The van der Waals surface area contributed by atoms with Crippen molar-refractivity contribution in [3.63, 3.8) is 0 Å². The van der Waals surface area contributed by atoms with Crippen LogP contribution in [0.4, 0.5) is 0 Å². The summed E-state index contributed by atoms with van der Waals surface area (Å²) in [6.45, 7) is 0.00423. The maximum absolute atomic E-state index is 12.3. The molecule has 0 spiro atoms. The molecule has 2 N–H and O–H groups in total. The highest BCUT2D eigenvalue weighted by molar-refractivity contribution is 6.05. The van der Waals surface area contributed by atoms with Crippen LogP contribution in [0.5, 0.6) is 0 Å². The molecule has 1 aromatic rings. The molecule has 7 nitrogen and oxygen atoms in total. The fourth-order valence-electron chi connectivity index (χ4n) is 3.10. The van der Waals surface area contributed by atoms with Crippen molar-refractivity contribution >= 4 is 23.6 Å². The highest BCUT2D eigenvalue weighted by Crippen LogP contribution is 2.34. The average molecular weight is 341 g/mol. The maximum Gasteiger partial charge on any atom is 0.336 e. The molecule has 0 unspecified atom stereocenters. The second-order valence-corrected chi connectivity index (χ2v) is 6.04. The molecular formula is C18H19N3O4. The topological polar surface area (TPSA) is 102 Å². The van der Waals surface area contributed by atoms with Crippen molar-refractivity contribution in [1.82, 2.24) is 4.90 Å². The Labute approximate surface area is 145 Å². The molecule has 2 amide bonds. The minimum atomic E-state index is -0.646. The predicted octanol–water partition coefficient (Wildman–Crippen LogP) is 1.19. The molecule has 0 saturated carbocycles. The van der Waals surface area contributed by atoms with Gasteiger partial charge in [0, 0.05) is 12.1 Å². The highest BCUT2D eigenvalue weighted by atomic mass is 16.7. The van der Waals surface area contributed by atoms with Crippen LogP contribution in [0, 0.1) is 11.8 Å². The number of rotatable bonds is 5. The summed E-state index contributed by atoms with van der Waals surface area (Å²) in [4.78, 5) is 42.3. The normalized spacial score (nSPS) is 22.9. The van der Waals surface area contributed by atoms with Gasteiger partial charge in [-0.3, -0.25) is 14.5 Å². The first kappa shape index (κ1) is 16.9. The number of fused-ring (bicyclic) bond motifs is 1. The smallest absolute Gasteiger partial charge is 0.336 e. The molecule has 3 rings (SSSR count). The van der Waals surface area contributed by atoms with E-state index in [0.717, 1.165) is 4.90 Å². The number of carbonyl (C=O) groups is 3. The lowest BCUT2D eigenvalue weighted by atomic mass is 9.85. The molecule has 1 saturated heterocycles. The number of imide groups is 1. The van der Waals surface area contributed by atoms with Crippen molar-refractivity contribution in [2.45, 2.75) is 19.3 Å². The van der Waals surface area contributed by atoms with Crippen LogP contribution in [0.25, 0.3) is 0 Å². The molecule has 2 atom stereocenters. The first-order chi connectivity index (χ1) is 12.1. The molecule has 25 heavy (non-hydrogen) atoms. The second-order valence-electron chi connectivity index (χ2n) is 6.04. The molecular weight excluding hydrogens is 322 g/mol. The Morgan fingerprint density at radius 2 is 1.72 bits per heavy atom. The summed E-state index contributed by atoms with van der Waals surface area (Å²) < 4.78 is 0. The van der Waals surface area contributed by atoms with Crippen LogP contribution in [0.3, 0.4) is 0 Å². The van der Waals surface area contributed by atoms with Crippen molar-refractivity contribution in [2.75, 3.05) is 6.54 Å². The summed E-state index contributed by atoms with van der Waals surface area (Å²) in [7, 11) is 0. The van der Waals surface area contributed by atoms with Gasteiger partial charge in [0.05, 0.1) is 18.3 Å². The van der Waals surface area contributed by atoms with Gasteiger partial charge in [-0.05, 0) is 12.8 Å². The van der Waals surface area contributed by atoms with E-state index in [2.05, 4.69) is 5.16 Å². The van der Waals surface area contributed by atoms with Crippen molar-refractivity contribution in [3.05, 3.63) is 48.0 Å². The number of nitrogens with two attached hydrogens (primary N) is 1. The number of hydrogen-bond acceptors (Lipinski definition) is 5. The summed E-state index contributed by atoms with van der Waals surface area (Å²) in [5, 5.41) is 3.60. The molecule has 0 aromatic heterocycles. The zero-order valence-electron chi connectivity index (χ0n) is 13.6. The molecule has 1 fully saturated rings. The van der Waals surface area contributed by atoms with E-state index in [-0.39, 0.29) is 42.5 Å². The largest absolute Gasteiger partial charge is 0.380 e. The van der Waals surface area contributed by atoms with Gasteiger partial charge in [-0.25, -0.2) is 4.79 Å². The Kier molecular flexibility index (Phi) is 4.92. The number of carbonyl (C=O) groups excluding carboxylic acids is 3. The fourth-order valence-corrected chi connectivity index (χ4v) is 3.10. The first-order valence-electron chi connectivity index (χ1n) is 8.17. The van der Waals surface area contributed by atoms with E-state index in [9.17, 15) is 14.4 Å². The molecule has 0 bridgehead atoms. The average Bonchev–Trinajstić information content (AvgIpc) is 2.89. The van der Waals surface area contributed by atoms with Gasteiger partial charge >= 0.3 is 5.97 Å². The van der Waals surface area contributed by atoms with E-state index in [1.54, 1.807) is 24.3 Å².